The lowest BCUT2D eigenvalue weighted by Gasteiger charge is -2.08. The third kappa shape index (κ3) is 5.50. The predicted octanol–water partition coefficient (Wildman–Crippen LogP) is 2.45. The zero-order valence-corrected chi connectivity index (χ0v) is 15.4. The lowest BCUT2D eigenvalue weighted by atomic mass is 10.2. The van der Waals surface area contributed by atoms with Crippen molar-refractivity contribution in [2.24, 2.45) is 0 Å². The second-order valence-electron chi connectivity index (χ2n) is 5.34. The number of nitro groups is 1. The van der Waals surface area contributed by atoms with E-state index in [9.17, 15) is 28.1 Å². The SMILES string of the molecule is CS(=O)(=O)c1ccc(C(=O)OCC(=O)Nc2cc([N+](=O)[O-])ccc2Cl)cc1. The first kappa shape index (κ1) is 20.3. The minimum absolute atomic E-state index is 0.00409. The zero-order chi connectivity index (χ0) is 20.2. The summed E-state index contributed by atoms with van der Waals surface area (Å²) in [7, 11) is -3.40. The van der Waals surface area contributed by atoms with Crippen molar-refractivity contribution in [2.45, 2.75) is 4.90 Å². The van der Waals surface area contributed by atoms with Gasteiger partial charge < -0.3 is 10.1 Å². The first-order valence-corrected chi connectivity index (χ1v) is 9.56. The average molecular weight is 413 g/mol. The van der Waals surface area contributed by atoms with Crippen molar-refractivity contribution >= 4 is 44.7 Å². The fraction of sp³-hybridized carbons (Fsp3) is 0.125. The Morgan fingerprint density at radius 2 is 1.81 bits per heavy atom. The number of nitro benzene ring substituents is 1. The van der Waals surface area contributed by atoms with Crippen LogP contribution in [0.4, 0.5) is 11.4 Å². The van der Waals surface area contributed by atoms with Crippen LogP contribution in [-0.4, -0.2) is 38.1 Å². The highest BCUT2D eigenvalue weighted by molar-refractivity contribution is 7.90. The van der Waals surface area contributed by atoms with E-state index in [4.69, 9.17) is 16.3 Å². The molecule has 0 radical (unpaired) electrons. The second-order valence-corrected chi connectivity index (χ2v) is 7.77. The third-order valence-corrected chi connectivity index (χ3v) is 4.75. The minimum Gasteiger partial charge on any atom is -0.452 e. The van der Waals surface area contributed by atoms with Crippen molar-refractivity contribution in [2.75, 3.05) is 18.2 Å². The highest BCUT2D eigenvalue weighted by Crippen LogP contribution is 2.26. The Bertz CT molecular complexity index is 1000. The number of hydrogen-bond acceptors (Lipinski definition) is 7. The molecule has 0 aliphatic rings. The number of non-ortho nitro benzene ring substituents is 1. The molecule has 0 aromatic heterocycles. The molecule has 1 amide bonds. The van der Waals surface area contributed by atoms with Gasteiger partial charge in [0, 0.05) is 18.4 Å². The lowest BCUT2D eigenvalue weighted by Crippen LogP contribution is -2.21. The van der Waals surface area contributed by atoms with Crippen LogP contribution in [0.15, 0.2) is 47.4 Å². The number of carbonyl (C=O) groups excluding carboxylic acids is 2. The Labute approximate surface area is 159 Å². The van der Waals surface area contributed by atoms with Gasteiger partial charge in [0.15, 0.2) is 16.4 Å². The molecule has 11 heteroatoms. The molecule has 0 atom stereocenters. The van der Waals surface area contributed by atoms with Crippen LogP contribution in [0.25, 0.3) is 0 Å². The summed E-state index contributed by atoms with van der Waals surface area (Å²) in [5.74, 6) is -1.59. The highest BCUT2D eigenvalue weighted by Gasteiger charge is 2.15. The summed E-state index contributed by atoms with van der Waals surface area (Å²) in [6, 6.07) is 8.51. The van der Waals surface area contributed by atoms with Crippen molar-refractivity contribution in [3.05, 3.63) is 63.2 Å². The fourth-order valence-corrected chi connectivity index (χ4v) is 2.76. The molecule has 0 unspecified atom stereocenters. The molecule has 0 aliphatic heterocycles. The van der Waals surface area contributed by atoms with Crippen LogP contribution < -0.4 is 5.32 Å². The lowest BCUT2D eigenvalue weighted by molar-refractivity contribution is -0.384. The number of nitrogens with one attached hydrogen (secondary N) is 1. The summed E-state index contributed by atoms with van der Waals surface area (Å²) in [5, 5.41) is 13.1. The third-order valence-electron chi connectivity index (χ3n) is 3.29. The highest BCUT2D eigenvalue weighted by atomic mass is 35.5. The maximum absolute atomic E-state index is 11.9. The van der Waals surface area contributed by atoms with Gasteiger partial charge >= 0.3 is 5.97 Å². The standard InChI is InChI=1S/C16H13ClN2O7S/c1-27(24,25)12-5-2-10(3-6-12)16(21)26-9-15(20)18-14-8-11(19(22)23)4-7-13(14)17/h2-8H,9H2,1H3,(H,18,20). The smallest absolute Gasteiger partial charge is 0.338 e. The van der Waals surface area contributed by atoms with Crippen LogP contribution in [0, 0.1) is 10.1 Å². The number of halogens is 1. The number of esters is 1. The van der Waals surface area contributed by atoms with Crippen molar-refractivity contribution in [3.8, 4) is 0 Å². The van der Waals surface area contributed by atoms with E-state index in [0.29, 0.717) is 0 Å². The normalized spacial score (nSPS) is 10.9. The molecule has 142 valence electrons. The number of nitrogens with zero attached hydrogens (tertiary/aromatic N) is 1. The molecule has 9 nitrogen and oxygen atoms in total. The zero-order valence-electron chi connectivity index (χ0n) is 13.8. The monoisotopic (exact) mass is 412 g/mol. The van der Waals surface area contributed by atoms with Crippen LogP contribution in [0.1, 0.15) is 10.4 Å². The molecule has 1 N–H and O–H groups in total. The van der Waals surface area contributed by atoms with Crippen molar-refractivity contribution in [1.82, 2.24) is 0 Å². The first-order chi connectivity index (χ1) is 12.6. The molecule has 0 heterocycles. The number of amides is 1. The van der Waals surface area contributed by atoms with Crippen LogP contribution in [0.3, 0.4) is 0 Å². The Kier molecular flexibility index (Phi) is 6.13. The molecule has 0 bridgehead atoms. The summed E-state index contributed by atoms with van der Waals surface area (Å²) in [6.45, 7) is -0.661. The number of anilines is 1. The number of rotatable bonds is 6. The van der Waals surface area contributed by atoms with E-state index in [2.05, 4.69) is 5.32 Å². The van der Waals surface area contributed by atoms with Crippen LogP contribution in [0.2, 0.25) is 5.02 Å². The van der Waals surface area contributed by atoms with E-state index in [1.165, 1.54) is 36.4 Å². The number of carbonyl (C=O) groups is 2. The first-order valence-electron chi connectivity index (χ1n) is 7.29. The van der Waals surface area contributed by atoms with Gasteiger partial charge in [-0.05, 0) is 30.3 Å². The van der Waals surface area contributed by atoms with Gasteiger partial charge in [-0.3, -0.25) is 14.9 Å². The van der Waals surface area contributed by atoms with Gasteiger partial charge in [0.2, 0.25) is 0 Å². The molecule has 27 heavy (non-hydrogen) atoms. The van der Waals surface area contributed by atoms with E-state index in [0.717, 1.165) is 12.3 Å². The summed E-state index contributed by atoms with van der Waals surface area (Å²) < 4.78 is 27.6. The molecular weight excluding hydrogens is 400 g/mol. The second kappa shape index (κ2) is 8.14. The van der Waals surface area contributed by atoms with Gasteiger partial charge in [0.05, 0.1) is 26.1 Å². The van der Waals surface area contributed by atoms with E-state index >= 15 is 0 Å². The average Bonchev–Trinajstić information content (AvgIpc) is 2.60. The topological polar surface area (TPSA) is 133 Å². The molecule has 0 aliphatic carbocycles. The van der Waals surface area contributed by atoms with Crippen LogP contribution in [-0.2, 0) is 19.4 Å². The van der Waals surface area contributed by atoms with E-state index < -0.39 is 33.2 Å². The van der Waals surface area contributed by atoms with E-state index in [-0.39, 0.29) is 26.9 Å². The number of ether oxygens (including phenoxy) is 1. The van der Waals surface area contributed by atoms with Crippen molar-refractivity contribution in [1.29, 1.82) is 0 Å². The van der Waals surface area contributed by atoms with E-state index in [1.807, 2.05) is 0 Å². The fourth-order valence-electron chi connectivity index (χ4n) is 1.96. The predicted molar refractivity (Wildman–Crippen MR) is 96.6 cm³/mol. The summed E-state index contributed by atoms with van der Waals surface area (Å²) >= 11 is 5.86. The Hall–Kier alpha value is -2.98. The largest absolute Gasteiger partial charge is 0.452 e. The Morgan fingerprint density at radius 1 is 1.19 bits per heavy atom. The van der Waals surface area contributed by atoms with Gasteiger partial charge in [-0.25, -0.2) is 13.2 Å². The van der Waals surface area contributed by atoms with Crippen LogP contribution in [0.5, 0.6) is 0 Å². The van der Waals surface area contributed by atoms with Crippen LogP contribution >= 0.6 is 11.6 Å². The molecule has 2 rings (SSSR count). The van der Waals surface area contributed by atoms with Gasteiger partial charge in [-0.2, -0.15) is 0 Å². The molecule has 2 aromatic carbocycles. The number of benzene rings is 2. The summed E-state index contributed by atoms with van der Waals surface area (Å²) in [5.41, 5.74) is -0.203. The summed E-state index contributed by atoms with van der Waals surface area (Å²) in [6.07, 6.45) is 1.03. The number of sulfone groups is 1. The van der Waals surface area contributed by atoms with Gasteiger partial charge in [0.25, 0.3) is 11.6 Å². The molecule has 0 spiro atoms. The molecule has 0 fully saturated rings. The molecule has 0 saturated heterocycles. The minimum atomic E-state index is -3.40. The summed E-state index contributed by atoms with van der Waals surface area (Å²) in [4.78, 5) is 33.9. The van der Waals surface area contributed by atoms with Gasteiger partial charge in [-0.15, -0.1) is 0 Å². The van der Waals surface area contributed by atoms with E-state index in [1.54, 1.807) is 0 Å². The van der Waals surface area contributed by atoms with Crippen molar-refractivity contribution in [3.63, 3.8) is 0 Å². The Morgan fingerprint density at radius 3 is 2.37 bits per heavy atom. The van der Waals surface area contributed by atoms with Crippen molar-refractivity contribution < 1.29 is 27.7 Å². The number of hydrogen-bond donors (Lipinski definition) is 1. The van der Waals surface area contributed by atoms with Gasteiger partial charge in [-0.1, -0.05) is 11.6 Å². The molecule has 2 aromatic rings. The maximum Gasteiger partial charge on any atom is 0.338 e. The van der Waals surface area contributed by atoms with Gasteiger partial charge in [0.1, 0.15) is 0 Å². The quantitative estimate of drug-likeness (QED) is 0.437. The maximum atomic E-state index is 11.9. The molecular formula is C16H13ClN2O7S. The Balaban J connectivity index is 1.98. The molecule has 0 saturated carbocycles.